The van der Waals surface area contributed by atoms with Gasteiger partial charge in [0.05, 0.1) is 11.9 Å². The normalized spacial score (nSPS) is 9.95. The first-order valence-electron chi connectivity index (χ1n) is 5.53. The SMILES string of the molecule is Nc1cccc(OCC(=O)Nc2ccc(Cl)nc2)c1. The van der Waals surface area contributed by atoms with Crippen LogP contribution in [0.2, 0.25) is 5.15 Å². The first-order valence-corrected chi connectivity index (χ1v) is 5.91. The monoisotopic (exact) mass is 277 g/mol. The number of ether oxygens (including phenoxy) is 1. The van der Waals surface area contributed by atoms with Gasteiger partial charge in [-0.3, -0.25) is 4.79 Å². The molecule has 2 rings (SSSR count). The number of pyridine rings is 1. The van der Waals surface area contributed by atoms with E-state index in [1.165, 1.54) is 6.20 Å². The number of nitrogens with zero attached hydrogens (tertiary/aromatic N) is 1. The fourth-order valence-corrected chi connectivity index (χ4v) is 1.51. The largest absolute Gasteiger partial charge is 0.484 e. The fraction of sp³-hybridized carbons (Fsp3) is 0.0769. The Kier molecular flexibility index (Phi) is 4.20. The number of carbonyl (C=O) groups excluding carboxylic acids is 1. The Morgan fingerprint density at radius 2 is 2.21 bits per heavy atom. The number of aromatic nitrogens is 1. The Bertz CT molecular complexity index is 572. The third kappa shape index (κ3) is 4.15. The summed E-state index contributed by atoms with van der Waals surface area (Å²) in [6.07, 6.45) is 1.47. The maximum atomic E-state index is 11.6. The molecule has 1 amide bonds. The molecule has 0 aliphatic heterocycles. The van der Waals surface area contributed by atoms with Crippen LogP contribution in [0, 0.1) is 0 Å². The third-order valence-electron chi connectivity index (χ3n) is 2.24. The molecule has 0 fully saturated rings. The zero-order valence-corrected chi connectivity index (χ0v) is 10.7. The van der Waals surface area contributed by atoms with Gasteiger partial charge in [0.25, 0.3) is 5.91 Å². The van der Waals surface area contributed by atoms with Gasteiger partial charge < -0.3 is 15.8 Å². The summed E-state index contributed by atoms with van der Waals surface area (Å²) in [6.45, 7) is -0.105. The molecule has 0 aliphatic carbocycles. The number of hydrogen-bond acceptors (Lipinski definition) is 4. The van der Waals surface area contributed by atoms with Gasteiger partial charge in [0.2, 0.25) is 0 Å². The van der Waals surface area contributed by atoms with Crippen LogP contribution in [0.25, 0.3) is 0 Å². The highest BCUT2D eigenvalue weighted by Crippen LogP contribution is 2.14. The predicted octanol–water partition coefficient (Wildman–Crippen LogP) is 2.33. The van der Waals surface area contributed by atoms with E-state index in [9.17, 15) is 4.79 Å². The van der Waals surface area contributed by atoms with Crippen LogP contribution in [0.5, 0.6) is 5.75 Å². The van der Waals surface area contributed by atoms with Gasteiger partial charge >= 0.3 is 0 Å². The third-order valence-corrected chi connectivity index (χ3v) is 2.46. The van der Waals surface area contributed by atoms with E-state index in [2.05, 4.69) is 10.3 Å². The fourth-order valence-electron chi connectivity index (χ4n) is 1.40. The van der Waals surface area contributed by atoms with Gasteiger partial charge in [0, 0.05) is 11.8 Å². The number of amides is 1. The minimum Gasteiger partial charge on any atom is -0.484 e. The van der Waals surface area contributed by atoms with Gasteiger partial charge in [-0.25, -0.2) is 4.98 Å². The van der Waals surface area contributed by atoms with Gasteiger partial charge in [-0.1, -0.05) is 17.7 Å². The van der Waals surface area contributed by atoms with Crippen LogP contribution in [-0.4, -0.2) is 17.5 Å². The Morgan fingerprint density at radius 3 is 2.89 bits per heavy atom. The van der Waals surface area contributed by atoms with Gasteiger partial charge in [0.1, 0.15) is 10.9 Å². The molecule has 0 saturated carbocycles. The van der Waals surface area contributed by atoms with Crippen molar-refractivity contribution in [2.45, 2.75) is 0 Å². The maximum absolute atomic E-state index is 11.6. The maximum Gasteiger partial charge on any atom is 0.262 e. The van der Waals surface area contributed by atoms with Crippen LogP contribution in [0.3, 0.4) is 0 Å². The summed E-state index contributed by atoms with van der Waals surface area (Å²) >= 11 is 5.64. The molecule has 0 atom stereocenters. The van der Waals surface area contributed by atoms with Gasteiger partial charge in [-0.05, 0) is 24.3 Å². The van der Waals surface area contributed by atoms with Crippen molar-refractivity contribution in [2.24, 2.45) is 0 Å². The molecule has 0 spiro atoms. The number of nitrogens with one attached hydrogen (secondary N) is 1. The lowest BCUT2D eigenvalue weighted by Gasteiger charge is -2.07. The van der Waals surface area contributed by atoms with Crippen LogP contribution in [0.4, 0.5) is 11.4 Å². The Balaban J connectivity index is 1.86. The van der Waals surface area contributed by atoms with E-state index >= 15 is 0 Å². The summed E-state index contributed by atoms with van der Waals surface area (Å²) < 4.78 is 5.31. The molecule has 2 aromatic rings. The van der Waals surface area contributed by atoms with Crippen LogP contribution in [0.1, 0.15) is 0 Å². The molecule has 0 unspecified atom stereocenters. The molecule has 0 bridgehead atoms. The highest BCUT2D eigenvalue weighted by molar-refractivity contribution is 6.29. The molecule has 1 heterocycles. The van der Waals surface area contributed by atoms with E-state index in [-0.39, 0.29) is 12.5 Å². The number of nitrogens with two attached hydrogens (primary N) is 1. The molecular weight excluding hydrogens is 266 g/mol. The van der Waals surface area contributed by atoms with Crippen molar-refractivity contribution in [3.05, 3.63) is 47.7 Å². The summed E-state index contributed by atoms with van der Waals surface area (Å²) in [5.74, 6) is 0.260. The van der Waals surface area contributed by atoms with Crippen molar-refractivity contribution >= 4 is 28.9 Å². The van der Waals surface area contributed by atoms with Crippen molar-refractivity contribution < 1.29 is 9.53 Å². The highest BCUT2D eigenvalue weighted by Gasteiger charge is 2.04. The van der Waals surface area contributed by atoms with Crippen LogP contribution >= 0.6 is 11.6 Å². The zero-order valence-electron chi connectivity index (χ0n) is 9.97. The number of nitrogen functional groups attached to an aromatic ring is 1. The van der Waals surface area contributed by atoms with Gasteiger partial charge in [-0.2, -0.15) is 0 Å². The van der Waals surface area contributed by atoms with Crippen LogP contribution in [0.15, 0.2) is 42.6 Å². The molecule has 3 N–H and O–H groups in total. The Morgan fingerprint density at radius 1 is 1.37 bits per heavy atom. The number of halogens is 1. The molecule has 6 heteroatoms. The molecule has 0 aliphatic rings. The van der Waals surface area contributed by atoms with Gasteiger partial charge in [0.15, 0.2) is 6.61 Å². The van der Waals surface area contributed by atoms with E-state index in [0.29, 0.717) is 22.3 Å². The summed E-state index contributed by atoms with van der Waals surface area (Å²) in [6, 6.07) is 10.1. The second kappa shape index (κ2) is 6.06. The summed E-state index contributed by atoms with van der Waals surface area (Å²) in [7, 11) is 0. The first-order chi connectivity index (χ1) is 9.13. The topological polar surface area (TPSA) is 77.2 Å². The summed E-state index contributed by atoms with van der Waals surface area (Å²) in [4.78, 5) is 15.5. The summed E-state index contributed by atoms with van der Waals surface area (Å²) in [5, 5.41) is 3.01. The van der Waals surface area contributed by atoms with Crippen molar-refractivity contribution in [1.29, 1.82) is 0 Å². The minimum atomic E-state index is -0.286. The van der Waals surface area contributed by atoms with Gasteiger partial charge in [-0.15, -0.1) is 0 Å². The van der Waals surface area contributed by atoms with E-state index in [0.717, 1.165) is 0 Å². The van der Waals surface area contributed by atoms with Crippen LogP contribution < -0.4 is 15.8 Å². The summed E-state index contributed by atoms with van der Waals surface area (Å²) in [5.41, 5.74) is 6.75. The lowest BCUT2D eigenvalue weighted by Crippen LogP contribution is -2.20. The van der Waals surface area contributed by atoms with Crippen molar-refractivity contribution in [3.8, 4) is 5.75 Å². The molecule has 1 aromatic carbocycles. The molecule has 98 valence electrons. The first kappa shape index (κ1) is 13.2. The molecule has 0 radical (unpaired) electrons. The lowest BCUT2D eigenvalue weighted by molar-refractivity contribution is -0.118. The number of carbonyl (C=O) groups is 1. The number of benzene rings is 1. The second-order valence-corrected chi connectivity index (χ2v) is 4.17. The zero-order chi connectivity index (χ0) is 13.7. The van der Waals surface area contributed by atoms with E-state index < -0.39 is 0 Å². The van der Waals surface area contributed by atoms with E-state index in [4.69, 9.17) is 22.1 Å². The number of hydrogen-bond donors (Lipinski definition) is 2. The second-order valence-electron chi connectivity index (χ2n) is 3.78. The Hall–Kier alpha value is -2.27. The Labute approximate surface area is 115 Å². The predicted molar refractivity (Wildman–Crippen MR) is 74.2 cm³/mol. The van der Waals surface area contributed by atoms with Crippen LogP contribution in [-0.2, 0) is 4.79 Å². The average molecular weight is 278 g/mol. The number of rotatable bonds is 4. The molecular formula is C13H12ClN3O2. The van der Waals surface area contributed by atoms with Crippen molar-refractivity contribution in [1.82, 2.24) is 4.98 Å². The lowest BCUT2D eigenvalue weighted by atomic mass is 10.3. The van der Waals surface area contributed by atoms with E-state index in [1.54, 1.807) is 36.4 Å². The average Bonchev–Trinajstić information content (AvgIpc) is 2.39. The van der Waals surface area contributed by atoms with Crippen molar-refractivity contribution in [2.75, 3.05) is 17.7 Å². The molecule has 5 nitrogen and oxygen atoms in total. The van der Waals surface area contributed by atoms with Crippen molar-refractivity contribution in [3.63, 3.8) is 0 Å². The highest BCUT2D eigenvalue weighted by atomic mass is 35.5. The van der Waals surface area contributed by atoms with E-state index in [1.807, 2.05) is 0 Å². The molecule has 0 saturated heterocycles. The number of anilines is 2. The molecule has 1 aromatic heterocycles. The standard InChI is InChI=1S/C13H12ClN3O2/c14-12-5-4-10(7-16-12)17-13(18)8-19-11-3-1-2-9(15)6-11/h1-7H,8,15H2,(H,17,18). The molecule has 19 heavy (non-hydrogen) atoms. The quantitative estimate of drug-likeness (QED) is 0.664. The minimum absolute atomic E-state index is 0.105. The smallest absolute Gasteiger partial charge is 0.262 e.